The maximum absolute atomic E-state index is 12.8. The highest BCUT2D eigenvalue weighted by Crippen LogP contribution is 2.34. The quantitative estimate of drug-likeness (QED) is 0.910. The number of pyridine rings is 1. The predicted molar refractivity (Wildman–Crippen MR) is 64.4 cm³/mol. The Kier molecular flexibility index (Phi) is 3.52. The average molecular weight is 254 g/mol. The van der Waals surface area contributed by atoms with E-state index in [9.17, 15) is 13.2 Å². The molecule has 18 heavy (non-hydrogen) atoms. The number of hydrogen-bond donors (Lipinski definition) is 1. The first-order valence-corrected chi connectivity index (χ1v) is 5.61. The third-order valence-corrected chi connectivity index (χ3v) is 2.79. The van der Waals surface area contributed by atoms with Gasteiger partial charge in [-0.05, 0) is 37.0 Å². The molecular weight excluding hydrogens is 241 g/mol. The van der Waals surface area contributed by atoms with Crippen LogP contribution >= 0.6 is 0 Å². The summed E-state index contributed by atoms with van der Waals surface area (Å²) in [7, 11) is 1.84. The maximum Gasteiger partial charge on any atom is 0.418 e. The molecule has 0 aliphatic rings. The lowest BCUT2D eigenvalue weighted by Gasteiger charge is -2.10. The van der Waals surface area contributed by atoms with Gasteiger partial charge in [0, 0.05) is 17.8 Å². The third-order valence-electron chi connectivity index (χ3n) is 2.79. The Morgan fingerprint density at radius 2 is 2.00 bits per heavy atom. The lowest BCUT2D eigenvalue weighted by Crippen LogP contribution is -2.10. The van der Waals surface area contributed by atoms with Gasteiger partial charge in [-0.1, -0.05) is 12.1 Å². The molecule has 1 aromatic heterocycles. The van der Waals surface area contributed by atoms with E-state index < -0.39 is 11.7 Å². The Hall–Kier alpha value is -1.62. The van der Waals surface area contributed by atoms with Gasteiger partial charge in [0.15, 0.2) is 0 Å². The van der Waals surface area contributed by atoms with Crippen molar-refractivity contribution in [3.8, 4) is 0 Å². The predicted octanol–water partition coefficient (Wildman–Crippen LogP) is 3.02. The van der Waals surface area contributed by atoms with Crippen molar-refractivity contribution in [2.75, 3.05) is 13.6 Å². The zero-order valence-corrected chi connectivity index (χ0v) is 9.88. The summed E-state index contributed by atoms with van der Waals surface area (Å²) in [5, 5.41) is 3.73. The van der Waals surface area contributed by atoms with Crippen LogP contribution < -0.4 is 5.32 Å². The molecule has 1 heterocycles. The summed E-state index contributed by atoms with van der Waals surface area (Å²) in [5.74, 6) is 0. The van der Waals surface area contributed by atoms with E-state index in [1.165, 1.54) is 12.3 Å². The molecule has 0 atom stereocenters. The second-order valence-electron chi connectivity index (χ2n) is 4.09. The van der Waals surface area contributed by atoms with Crippen LogP contribution in [0, 0.1) is 0 Å². The molecule has 0 aliphatic carbocycles. The number of likely N-dealkylation sites (N-methyl/N-ethyl adjacent to an activating group) is 1. The fraction of sp³-hybridized carbons (Fsp3) is 0.308. The Morgan fingerprint density at radius 1 is 1.22 bits per heavy atom. The van der Waals surface area contributed by atoms with E-state index in [0.29, 0.717) is 5.39 Å². The molecule has 0 aliphatic heterocycles. The molecule has 0 radical (unpaired) electrons. The van der Waals surface area contributed by atoms with Crippen molar-refractivity contribution in [1.82, 2.24) is 10.3 Å². The monoisotopic (exact) mass is 254 g/mol. The Morgan fingerprint density at radius 3 is 2.67 bits per heavy atom. The minimum Gasteiger partial charge on any atom is -0.319 e. The van der Waals surface area contributed by atoms with Gasteiger partial charge < -0.3 is 5.32 Å². The highest BCUT2D eigenvalue weighted by Gasteiger charge is 2.32. The van der Waals surface area contributed by atoms with Crippen molar-refractivity contribution in [3.05, 3.63) is 41.7 Å². The molecule has 2 rings (SSSR count). The number of alkyl halides is 3. The zero-order chi connectivity index (χ0) is 13.2. The number of benzene rings is 1. The van der Waals surface area contributed by atoms with Gasteiger partial charge in [0.1, 0.15) is 0 Å². The van der Waals surface area contributed by atoms with Crippen molar-refractivity contribution < 1.29 is 13.2 Å². The Labute approximate surface area is 103 Å². The van der Waals surface area contributed by atoms with Gasteiger partial charge in [-0.3, -0.25) is 4.98 Å². The van der Waals surface area contributed by atoms with Crippen LogP contribution in [0.25, 0.3) is 10.8 Å². The number of nitrogens with zero attached hydrogens (tertiary/aromatic N) is 1. The Balaban J connectivity index is 2.47. The summed E-state index contributed by atoms with van der Waals surface area (Å²) in [5.41, 5.74) is 0.318. The summed E-state index contributed by atoms with van der Waals surface area (Å²) >= 11 is 0. The maximum atomic E-state index is 12.8. The summed E-state index contributed by atoms with van der Waals surface area (Å²) in [6.45, 7) is 0.790. The zero-order valence-electron chi connectivity index (χ0n) is 9.88. The molecule has 0 spiro atoms. The van der Waals surface area contributed by atoms with Crippen molar-refractivity contribution in [3.63, 3.8) is 0 Å². The number of hydrogen-bond acceptors (Lipinski definition) is 2. The van der Waals surface area contributed by atoms with E-state index in [4.69, 9.17) is 0 Å². The second kappa shape index (κ2) is 4.94. The molecule has 5 heteroatoms. The van der Waals surface area contributed by atoms with Gasteiger partial charge in [-0.25, -0.2) is 0 Å². The van der Waals surface area contributed by atoms with E-state index in [1.54, 1.807) is 12.1 Å². The highest BCUT2D eigenvalue weighted by molar-refractivity contribution is 5.85. The van der Waals surface area contributed by atoms with Crippen molar-refractivity contribution in [2.24, 2.45) is 0 Å². The van der Waals surface area contributed by atoms with Gasteiger partial charge in [0.25, 0.3) is 0 Å². The SMILES string of the molecule is CNCCc1ccc2c(C(F)(F)F)cncc2c1. The summed E-state index contributed by atoms with van der Waals surface area (Å²) in [6, 6.07) is 5.01. The molecule has 2 aromatic rings. The molecule has 0 saturated carbocycles. The number of nitrogens with one attached hydrogen (secondary N) is 1. The van der Waals surface area contributed by atoms with Gasteiger partial charge >= 0.3 is 6.18 Å². The van der Waals surface area contributed by atoms with Crippen LogP contribution in [-0.4, -0.2) is 18.6 Å². The number of rotatable bonds is 3. The number of fused-ring (bicyclic) bond motifs is 1. The lowest BCUT2D eigenvalue weighted by molar-refractivity contribution is -0.136. The minimum absolute atomic E-state index is 0.200. The van der Waals surface area contributed by atoms with Crippen LogP contribution in [-0.2, 0) is 12.6 Å². The van der Waals surface area contributed by atoms with Crippen LogP contribution in [0.4, 0.5) is 13.2 Å². The first-order chi connectivity index (χ1) is 8.52. The van der Waals surface area contributed by atoms with E-state index in [1.807, 2.05) is 7.05 Å². The molecular formula is C13H13F3N2. The number of aromatic nitrogens is 1. The van der Waals surface area contributed by atoms with E-state index in [0.717, 1.165) is 24.7 Å². The van der Waals surface area contributed by atoms with Crippen molar-refractivity contribution in [1.29, 1.82) is 0 Å². The van der Waals surface area contributed by atoms with E-state index >= 15 is 0 Å². The second-order valence-corrected chi connectivity index (χ2v) is 4.09. The largest absolute Gasteiger partial charge is 0.418 e. The molecule has 2 nitrogen and oxygen atoms in total. The number of halogens is 3. The standard InChI is InChI=1S/C13H13F3N2/c1-17-5-4-9-2-3-11-10(6-9)7-18-8-12(11)13(14,15)16/h2-3,6-8,17H,4-5H2,1H3. The topological polar surface area (TPSA) is 24.9 Å². The lowest BCUT2D eigenvalue weighted by atomic mass is 10.0. The fourth-order valence-corrected chi connectivity index (χ4v) is 1.88. The first-order valence-electron chi connectivity index (χ1n) is 5.61. The van der Waals surface area contributed by atoms with Crippen molar-refractivity contribution >= 4 is 10.8 Å². The van der Waals surface area contributed by atoms with Gasteiger partial charge in [-0.2, -0.15) is 13.2 Å². The van der Waals surface area contributed by atoms with Gasteiger partial charge in [0.05, 0.1) is 5.56 Å². The molecule has 1 N–H and O–H groups in total. The summed E-state index contributed by atoms with van der Waals surface area (Å²) in [6.07, 6.45) is -1.25. The summed E-state index contributed by atoms with van der Waals surface area (Å²) in [4.78, 5) is 3.67. The van der Waals surface area contributed by atoms with Crippen LogP contribution in [0.5, 0.6) is 0 Å². The van der Waals surface area contributed by atoms with Gasteiger partial charge in [0.2, 0.25) is 0 Å². The molecule has 0 unspecified atom stereocenters. The van der Waals surface area contributed by atoms with Gasteiger partial charge in [-0.15, -0.1) is 0 Å². The molecule has 0 bridgehead atoms. The Bertz CT molecular complexity index is 549. The molecule has 0 amide bonds. The smallest absolute Gasteiger partial charge is 0.319 e. The van der Waals surface area contributed by atoms with E-state index in [2.05, 4.69) is 10.3 Å². The summed E-state index contributed by atoms with van der Waals surface area (Å²) < 4.78 is 38.3. The normalized spacial score (nSPS) is 12.0. The molecule has 1 aromatic carbocycles. The van der Waals surface area contributed by atoms with Crippen molar-refractivity contribution in [2.45, 2.75) is 12.6 Å². The molecule has 0 fully saturated rings. The minimum atomic E-state index is -4.36. The highest BCUT2D eigenvalue weighted by atomic mass is 19.4. The van der Waals surface area contributed by atoms with Crippen LogP contribution in [0.1, 0.15) is 11.1 Å². The molecule has 0 saturated heterocycles. The molecule has 96 valence electrons. The van der Waals surface area contributed by atoms with E-state index in [-0.39, 0.29) is 5.39 Å². The van der Waals surface area contributed by atoms with Crippen LogP contribution in [0.3, 0.4) is 0 Å². The third kappa shape index (κ3) is 2.61. The van der Waals surface area contributed by atoms with Crippen LogP contribution in [0.15, 0.2) is 30.6 Å². The fourth-order valence-electron chi connectivity index (χ4n) is 1.88. The average Bonchev–Trinajstić information content (AvgIpc) is 2.34. The first kappa shape index (κ1) is 12.8. The van der Waals surface area contributed by atoms with Crippen LogP contribution in [0.2, 0.25) is 0 Å².